The van der Waals surface area contributed by atoms with E-state index >= 15 is 0 Å². The maximum absolute atomic E-state index is 6.32. The molecule has 4 aromatic rings. The highest BCUT2D eigenvalue weighted by Gasteiger charge is 2.13. The van der Waals surface area contributed by atoms with E-state index in [1.165, 1.54) is 11.1 Å². The number of nitrogens with zero attached hydrogens (tertiary/aromatic N) is 2. The third-order valence-electron chi connectivity index (χ3n) is 4.89. The van der Waals surface area contributed by atoms with Crippen LogP contribution >= 0.6 is 23.8 Å². The number of aryl methyl sites for hydroxylation is 2. The molecule has 0 unspecified atom stereocenters. The maximum atomic E-state index is 6.32. The van der Waals surface area contributed by atoms with E-state index in [1.54, 1.807) is 0 Å². The monoisotopic (exact) mass is 379 g/mol. The number of imidazole rings is 1. The van der Waals surface area contributed by atoms with Gasteiger partial charge in [0.05, 0.1) is 5.69 Å². The van der Waals surface area contributed by atoms with Gasteiger partial charge in [-0.25, -0.2) is 4.98 Å². The third kappa shape index (κ3) is 2.75. The Kier molecular flexibility index (Phi) is 4.17. The molecule has 0 aliphatic carbocycles. The van der Waals surface area contributed by atoms with E-state index in [-0.39, 0.29) is 0 Å². The van der Waals surface area contributed by atoms with E-state index in [4.69, 9.17) is 23.8 Å². The van der Waals surface area contributed by atoms with Gasteiger partial charge in [0.1, 0.15) is 5.65 Å². The fraction of sp³-hybridized carbons (Fsp3) is 0.143. The number of nitrogens with one attached hydrogen (secondary N) is 1. The van der Waals surface area contributed by atoms with Gasteiger partial charge in [-0.1, -0.05) is 35.9 Å². The van der Waals surface area contributed by atoms with Crippen LogP contribution in [0.4, 0.5) is 0 Å². The highest BCUT2D eigenvalue weighted by molar-refractivity contribution is 7.71. The zero-order chi connectivity index (χ0) is 18.4. The SMILES string of the molecule is Cc1ccc(-c2cn3c(=S)ncc(-c4cccc(Cl)c4C)c3[nH]2)cc1C. The molecule has 0 amide bonds. The summed E-state index contributed by atoms with van der Waals surface area (Å²) < 4.78 is 2.45. The minimum absolute atomic E-state index is 0.523. The number of fused-ring (bicyclic) bond motifs is 1. The number of aromatic amines is 1. The molecular weight excluding hydrogens is 362 g/mol. The Morgan fingerprint density at radius 3 is 2.62 bits per heavy atom. The standard InChI is InChI=1S/C21H18ClN3S/c1-12-7-8-15(9-13(12)2)19-11-25-20(24-19)17(10-23-21(25)26)16-5-4-6-18(22)14(16)3/h4-11,24H,1-3H3. The van der Waals surface area contributed by atoms with Crippen molar-refractivity contribution in [2.45, 2.75) is 20.8 Å². The number of hydrogen-bond donors (Lipinski definition) is 1. The van der Waals surface area contributed by atoms with Crippen molar-refractivity contribution in [2.24, 2.45) is 0 Å². The molecule has 1 N–H and O–H groups in total. The summed E-state index contributed by atoms with van der Waals surface area (Å²) in [5.41, 5.74) is 8.64. The lowest BCUT2D eigenvalue weighted by Gasteiger charge is -2.08. The van der Waals surface area contributed by atoms with Crippen LogP contribution in [0.3, 0.4) is 0 Å². The van der Waals surface area contributed by atoms with Crippen molar-refractivity contribution >= 4 is 29.5 Å². The van der Waals surface area contributed by atoms with Crippen LogP contribution in [0, 0.1) is 25.5 Å². The van der Waals surface area contributed by atoms with Gasteiger partial charge in [0.15, 0.2) is 0 Å². The van der Waals surface area contributed by atoms with Gasteiger partial charge in [-0.3, -0.25) is 4.40 Å². The molecule has 0 saturated heterocycles. The number of benzene rings is 2. The van der Waals surface area contributed by atoms with Crippen LogP contribution in [0.1, 0.15) is 16.7 Å². The lowest BCUT2D eigenvalue weighted by Crippen LogP contribution is -1.94. The molecule has 4 rings (SSSR count). The van der Waals surface area contributed by atoms with Crippen LogP contribution in [0.5, 0.6) is 0 Å². The molecule has 0 aliphatic rings. The molecule has 0 spiro atoms. The van der Waals surface area contributed by atoms with Gasteiger partial charge in [0.25, 0.3) is 0 Å². The van der Waals surface area contributed by atoms with Gasteiger partial charge in [0.2, 0.25) is 4.77 Å². The molecule has 26 heavy (non-hydrogen) atoms. The Balaban J connectivity index is 1.98. The fourth-order valence-electron chi connectivity index (χ4n) is 3.16. The topological polar surface area (TPSA) is 33.1 Å². The quantitative estimate of drug-likeness (QED) is 0.414. The van der Waals surface area contributed by atoms with Gasteiger partial charge in [0, 0.05) is 23.0 Å². The molecule has 0 aliphatic heterocycles. The smallest absolute Gasteiger partial charge is 0.205 e. The third-order valence-corrected chi connectivity index (χ3v) is 5.60. The summed E-state index contributed by atoms with van der Waals surface area (Å²) in [6.07, 6.45) is 3.83. The Bertz CT molecular complexity index is 1200. The molecular formula is C21H18ClN3S. The second kappa shape index (κ2) is 6.38. The minimum Gasteiger partial charge on any atom is -0.339 e. The molecule has 0 radical (unpaired) electrons. The summed E-state index contributed by atoms with van der Waals surface area (Å²) in [6, 6.07) is 12.3. The van der Waals surface area contributed by atoms with Crippen molar-refractivity contribution < 1.29 is 0 Å². The van der Waals surface area contributed by atoms with Crippen molar-refractivity contribution in [1.29, 1.82) is 0 Å². The molecule has 130 valence electrons. The first-order valence-electron chi connectivity index (χ1n) is 8.39. The summed E-state index contributed by atoms with van der Waals surface area (Å²) in [5.74, 6) is 0. The van der Waals surface area contributed by atoms with E-state index in [1.807, 2.05) is 35.9 Å². The van der Waals surface area contributed by atoms with Crippen molar-refractivity contribution in [2.75, 3.05) is 0 Å². The maximum Gasteiger partial charge on any atom is 0.205 e. The Morgan fingerprint density at radius 2 is 1.85 bits per heavy atom. The number of rotatable bonds is 2. The van der Waals surface area contributed by atoms with E-state index < -0.39 is 0 Å². The van der Waals surface area contributed by atoms with Crippen LogP contribution in [0.15, 0.2) is 48.8 Å². The summed E-state index contributed by atoms with van der Waals surface area (Å²) in [6.45, 7) is 6.25. The first-order valence-corrected chi connectivity index (χ1v) is 9.18. The first kappa shape index (κ1) is 17.0. The van der Waals surface area contributed by atoms with Gasteiger partial charge >= 0.3 is 0 Å². The van der Waals surface area contributed by atoms with Crippen molar-refractivity contribution in [3.63, 3.8) is 0 Å². The number of hydrogen-bond acceptors (Lipinski definition) is 2. The Hall–Kier alpha value is -2.43. The van der Waals surface area contributed by atoms with Gasteiger partial charge < -0.3 is 4.98 Å². The lowest BCUT2D eigenvalue weighted by atomic mass is 10.0. The highest BCUT2D eigenvalue weighted by atomic mass is 35.5. The average molecular weight is 380 g/mol. The molecule has 2 heterocycles. The normalized spacial score (nSPS) is 11.2. The van der Waals surface area contributed by atoms with Crippen LogP contribution in [-0.2, 0) is 0 Å². The van der Waals surface area contributed by atoms with Gasteiger partial charge in [-0.2, -0.15) is 0 Å². The molecule has 2 aromatic carbocycles. The molecule has 0 bridgehead atoms. The first-order chi connectivity index (χ1) is 12.5. The van der Waals surface area contributed by atoms with Crippen molar-refractivity contribution in [3.8, 4) is 22.4 Å². The predicted octanol–water partition coefficient (Wildman–Crippen LogP) is 6.30. The van der Waals surface area contributed by atoms with E-state index in [2.05, 4.69) is 48.1 Å². The van der Waals surface area contributed by atoms with Gasteiger partial charge in [-0.15, -0.1) is 0 Å². The Morgan fingerprint density at radius 1 is 1.04 bits per heavy atom. The molecule has 5 heteroatoms. The second-order valence-electron chi connectivity index (χ2n) is 6.55. The van der Waals surface area contributed by atoms with Gasteiger partial charge in [-0.05, 0) is 72.9 Å². The molecule has 0 atom stereocenters. The summed E-state index contributed by atoms with van der Waals surface area (Å²) in [7, 11) is 0. The number of halogens is 1. The number of aromatic nitrogens is 3. The van der Waals surface area contributed by atoms with E-state index in [0.717, 1.165) is 38.6 Å². The molecule has 0 saturated carbocycles. The van der Waals surface area contributed by atoms with Crippen LogP contribution in [0.25, 0.3) is 28.0 Å². The minimum atomic E-state index is 0.523. The zero-order valence-corrected chi connectivity index (χ0v) is 16.4. The highest BCUT2D eigenvalue weighted by Crippen LogP contribution is 2.32. The fourth-order valence-corrected chi connectivity index (χ4v) is 3.53. The van der Waals surface area contributed by atoms with Crippen LogP contribution in [-0.4, -0.2) is 14.4 Å². The van der Waals surface area contributed by atoms with E-state index in [9.17, 15) is 0 Å². The average Bonchev–Trinajstić information content (AvgIpc) is 3.07. The lowest BCUT2D eigenvalue weighted by molar-refractivity contribution is 1.06. The second-order valence-corrected chi connectivity index (χ2v) is 7.32. The van der Waals surface area contributed by atoms with Crippen LogP contribution < -0.4 is 0 Å². The van der Waals surface area contributed by atoms with Crippen molar-refractivity contribution in [3.05, 3.63) is 75.3 Å². The molecule has 2 aromatic heterocycles. The Labute approximate surface area is 162 Å². The van der Waals surface area contributed by atoms with E-state index in [0.29, 0.717) is 4.77 Å². The molecule has 3 nitrogen and oxygen atoms in total. The van der Waals surface area contributed by atoms with Crippen molar-refractivity contribution in [1.82, 2.24) is 14.4 Å². The predicted molar refractivity (Wildman–Crippen MR) is 110 cm³/mol. The largest absolute Gasteiger partial charge is 0.339 e. The molecule has 0 fully saturated rings. The summed E-state index contributed by atoms with van der Waals surface area (Å²) in [4.78, 5) is 7.93. The zero-order valence-electron chi connectivity index (χ0n) is 14.8. The number of H-pyrrole nitrogens is 1. The van der Waals surface area contributed by atoms with Crippen LogP contribution in [0.2, 0.25) is 5.02 Å². The summed E-state index contributed by atoms with van der Waals surface area (Å²) >= 11 is 11.8. The summed E-state index contributed by atoms with van der Waals surface area (Å²) in [5, 5.41) is 0.740.